The van der Waals surface area contributed by atoms with Crippen molar-refractivity contribution < 1.29 is 8.85 Å². The van der Waals surface area contributed by atoms with Gasteiger partial charge in [-0.1, -0.05) is 30.3 Å². The van der Waals surface area contributed by atoms with E-state index in [0.717, 1.165) is 0 Å². The third kappa shape index (κ3) is 3.30. The number of hydrogen-bond acceptors (Lipinski definition) is 2. The topological polar surface area (TPSA) is 18.5 Å². The van der Waals surface area contributed by atoms with E-state index < -0.39 is 8.56 Å². The summed E-state index contributed by atoms with van der Waals surface area (Å²) in [7, 11) is 1.29. The van der Waals surface area contributed by atoms with Gasteiger partial charge in [0.15, 0.2) is 0 Å². The van der Waals surface area contributed by atoms with Crippen LogP contribution in [0, 0.1) is 0 Å². The normalized spacial score (nSPS) is 12.9. The van der Waals surface area contributed by atoms with Crippen molar-refractivity contribution in [3.8, 4) is 0 Å². The third-order valence-corrected chi connectivity index (χ3v) is 5.10. The van der Waals surface area contributed by atoms with Gasteiger partial charge in [0, 0.05) is 14.2 Å². The lowest BCUT2D eigenvalue weighted by atomic mass is 10.1. The van der Waals surface area contributed by atoms with Gasteiger partial charge in [-0.15, -0.1) is 0 Å². The molecular formula is C12H18O2Si. The van der Waals surface area contributed by atoms with E-state index in [4.69, 9.17) is 8.85 Å². The molecule has 0 heterocycles. The van der Waals surface area contributed by atoms with Crippen molar-refractivity contribution in [1.29, 1.82) is 0 Å². The summed E-state index contributed by atoms with van der Waals surface area (Å²) in [5.74, 6) is 0. The van der Waals surface area contributed by atoms with Crippen LogP contribution in [-0.4, -0.2) is 22.8 Å². The predicted molar refractivity (Wildman–Crippen MR) is 65.7 cm³/mol. The van der Waals surface area contributed by atoms with Crippen LogP contribution in [0.25, 0.3) is 5.57 Å². The molecule has 1 aromatic carbocycles. The van der Waals surface area contributed by atoms with Crippen molar-refractivity contribution in [3.63, 3.8) is 0 Å². The highest BCUT2D eigenvalue weighted by atomic mass is 28.4. The van der Waals surface area contributed by atoms with Gasteiger partial charge in [0.2, 0.25) is 0 Å². The second-order valence-corrected chi connectivity index (χ2v) is 6.75. The fourth-order valence-corrected chi connectivity index (χ4v) is 2.73. The van der Waals surface area contributed by atoms with Gasteiger partial charge in [0.1, 0.15) is 0 Å². The molecule has 0 radical (unpaired) electrons. The molecule has 0 unspecified atom stereocenters. The summed E-state index contributed by atoms with van der Waals surface area (Å²) >= 11 is 0. The summed E-state index contributed by atoms with van der Waals surface area (Å²) in [5.41, 5.74) is 4.53. The highest BCUT2D eigenvalue weighted by molar-refractivity contribution is 6.72. The molecule has 0 amide bonds. The molecule has 82 valence electrons. The first-order valence-electron chi connectivity index (χ1n) is 4.96. The molecule has 0 saturated carbocycles. The lowest BCUT2D eigenvalue weighted by Crippen LogP contribution is -2.34. The Morgan fingerprint density at radius 2 is 1.67 bits per heavy atom. The Morgan fingerprint density at radius 1 is 1.13 bits per heavy atom. The Morgan fingerprint density at radius 3 is 2.13 bits per heavy atom. The van der Waals surface area contributed by atoms with Crippen LogP contribution in [-0.2, 0) is 8.85 Å². The molecule has 1 rings (SSSR count). The van der Waals surface area contributed by atoms with E-state index >= 15 is 0 Å². The molecule has 0 aliphatic heterocycles. The molecule has 2 nitrogen and oxygen atoms in total. The first-order valence-corrected chi connectivity index (χ1v) is 7.36. The van der Waals surface area contributed by atoms with Gasteiger partial charge in [-0.05, 0) is 30.3 Å². The monoisotopic (exact) mass is 222 g/mol. The van der Waals surface area contributed by atoms with Crippen LogP contribution < -0.4 is 0 Å². The minimum Gasteiger partial charge on any atom is -0.395 e. The lowest BCUT2D eigenvalue weighted by molar-refractivity contribution is 0.264. The average molecular weight is 222 g/mol. The van der Waals surface area contributed by atoms with Gasteiger partial charge in [-0.2, -0.15) is 0 Å². The van der Waals surface area contributed by atoms with Crippen LogP contribution >= 0.6 is 0 Å². The maximum atomic E-state index is 5.42. The van der Waals surface area contributed by atoms with E-state index in [9.17, 15) is 0 Å². The molecule has 0 N–H and O–H groups in total. The van der Waals surface area contributed by atoms with Crippen LogP contribution in [0.2, 0.25) is 6.55 Å². The van der Waals surface area contributed by atoms with Crippen molar-refractivity contribution >= 4 is 14.1 Å². The van der Waals surface area contributed by atoms with Crippen LogP contribution in [0.3, 0.4) is 0 Å². The van der Waals surface area contributed by atoms with Gasteiger partial charge >= 0.3 is 8.56 Å². The zero-order chi connectivity index (χ0) is 11.3. The molecule has 0 aromatic heterocycles. The molecule has 15 heavy (non-hydrogen) atoms. The van der Waals surface area contributed by atoms with Gasteiger partial charge in [0.05, 0.1) is 0 Å². The van der Waals surface area contributed by atoms with E-state index in [2.05, 4.69) is 24.8 Å². The fourth-order valence-electron chi connectivity index (χ4n) is 1.38. The molecule has 1 aromatic rings. The quantitative estimate of drug-likeness (QED) is 0.729. The predicted octanol–water partition coefficient (Wildman–Crippen LogP) is 2.99. The van der Waals surface area contributed by atoms with E-state index in [1.807, 2.05) is 24.7 Å². The maximum absolute atomic E-state index is 5.42. The van der Waals surface area contributed by atoms with Crippen molar-refractivity contribution in [2.45, 2.75) is 13.5 Å². The van der Waals surface area contributed by atoms with Crippen LogP contribution in [0.5, 0.6) is 0 Å². The molecule has 3 heteroatoms. The first-order chi connectivity index (χ1) is 7.11. The molecular weight excluding hydrogens is 204 g/mol. The number of allylic oxidation sites excluding steroid dienone is 1. The Bertz CT molecular complexity index is 329. The number of hydrogen-bond donors (Lipinski definition) is 0. The third-order valence-electron chi connectivity index (χ3n) is 2.52. The van der Waals surface area contributed by atoms with Crippen molar-refractivity contribution in [1.82, 2.24) is 0 Å². The van der Waals surface area contributed by atoms with Crippen LogP contribution in [0.4, 0.5) is 0 Å². The highest BCUT2D eigenvalue weighted by Crippen LogP contribution is 2.17. The van der Waals surface area contributed by atoms with Gasteiger partial charge < -0.3 is 8.85 Å². The standard InChI is InChI=1S/C12H18O2Si/c1-11(10-15(4,13-2)14-3)12-8-6-5-7-9-12/h5-10H,1-4H3. The summed E-state index contributed by atoms with van der Waals surface area (Å²) in [4.78, 5) is 0. The van der Waals surface area contributed by atoms with E-state index in [1.54, 1.807) is 14.2 Å². The van der Waals surface area contributed by atoms with Gasteiger partial charge in [-0.3, -0.25) is 0 Å². The van der Waals surface area contributed by atoms with Crippen molar-refractivity contribution in [2.24, 2.45) is 0 Å². The Balaban J connectivity index is 2.93. The van der Waals surface area contributed by atoms with Gasteiger partial charge in [0.25, 0.3) is 0 Å². The summed E-state index contributed by atoms with van der Waals surface area (Å²) in [6, 6.07) is 10.3. The van der Waals surface area contributed by atoms with E-state index in [-0.39, 0.29) is 0 Å². The molecule has 0 fully saturated rings. The maximum Gasteiger partial charge on any atom is 0.361 e. The zero-order valence-electron chi connectivity index (χ0n) is 9.78. The molecule has 0 bridgehead atoms. The average Bonchev–Trinajstić information content (AvgIpc) is 2.30. The SMILES string of the molecule is CO[Si](C)(C=C(C)c1ccccc1)OC. The lowest BCUT2D eigenvalue weighted by Gasteiger charge is -2.19. The van der Waals surface area contributed by atoms with Crippen molar-refractivity contribution in [2.75, 3.05) is 14.2 Å². The molecule has 0 saturated heterocycles. The fraction of sp³-hybridized carbons (Fsp3) is 0.333. The minimum atomic E-state index is -2.11. The molecule has 0 atom stereocenters. The summed E-state index contributed by atoms with van der Waals surface area (Å²) in [6.45, 7) is 4.11. The second kappa shape index (κ2) is 5.26. The smallest absolute Gasteiger partial charge is 0.361 e. The Labute approximate surface area is 92.8 Å². The Hall–Kier alpha value is -0.903. The van der Waals surface area contributed by atoms with Crippen molar-refractivity contribution in [3.05, 3.63) is 41.6 Å². The minimum absolute atomic E-state index is 1.20. The number of rotatable bonds is 4. The zero-order valence-corrected chi connectivity index (χ0v) is 10.8. The second-order valence-electron chi connectivity index (χ2n) is 3.62. The van der Waals surface area contributed by atoms with Crippen LogP contribution in [0.15, 0.2) is 36.0 Å². The van der Waals surface area contributed by atoms with E-state index in [1.165, 1.54) is 11.1 Å². The molecule has 0 aliphatic rings. The summed E-state index contributed by atoms with van der Waals surface area (Å²) < 4.78 is 10.8. The summed E-state index contributed by atoms with van der Waals surface area (Å²) in [6.07, 6.45) is 0. The van der Waals surface area contributed by atoms with Crippen LogP contribution in [0.1, 0.15) is 12.5 Å². The first kappa shape index (κ1) is 12.2. The largest absolute Gasteiger partial charge is 0.395 e. The number of benzene rings is 1. The summed E-state index contributed by atoms with van der Waals surface area (Å²) in [5, 5.41) is 0. The van der Waals surface area contributed by atoms with Gasteiger partial charge in [-0.25, -0.2) is 0 Å². The highest BCUT2D eigenvalue weighted by Gasteiger charge is 2.25. The Kier molecular flexibility index (Phi) is 4.26. The molecule has 0 spiro atoms. The molecule has 0 aliphatic carbocycles. The van der Waals surface area contributed by atoms with E-state index in [0.29, 0.717) is 0 Å².